The maximum absolute atomic E-state index is 11.8. The number of thiocarbonyl (C=S) groups is 1. The zero-order chi connectivity index (χ0) is 12.7. The first-order valence-corrected chi connectivity index (χ1v) is 5.86. The highest BCUT2D eigenvalue weighted by Gasteiger charge is 2.68. The topological polar surface area (TPSA) is 71.8 Å². The van der Waals surface area contributed by atoms with Gasteiger partial charge in [-0.25, -0.2) is 4.68 Å². The lowest BCUT2D eigenvalue weighted by Crippen LogP contribution is -2.42. The van der Waals surface area contributed by atoms with Gasteiger partial charge in [0.15, 0.2) is 5.11 Å². The summed E-state index contributed by atoms with van der Waals surface area (Å²) in [6.45, 7) is 1.68. The Hall–Kier alpha value is -0.920. The Balaban J connectivity index is 1.90. The van der Waals surface area contributed by atoms with E-state index in [9.17, 15) is 4.79 Å². The van der Waals surface area contributed by atoms with Crippen molar-refractivity contribution in [3.05, 3.63) is 12.7 Å². The molecule has 1 fully saturated rings. The van der Waals surface area contributed by atoms with Crippen LogP contribution in [-0.2, 0) is 4.79 Å². The van der Waals surface area contributed by atoms with Crippen LogP contribution < -0.4 is 10.7 Å². The van der Waals surface area contributed by atoms with E-state index < -0.39 is 9.75 Å². The van der Waals surface area contributed by atoms with E-state index in [1.165, 1.54) is 17.3 Å². The van der Waals surface area contributed by atoms with Crippen molar-refractivity contribution in [3.8, 4) is 0 Å². The lowest BCUT2D eigenvalue weighted by atomic mass is 10.1. The first kappa shape index (κ1) is 12.5. The number of nitrogens with zero attached hydrogens (tertiary/aromatic N) is 3. The summed E-state index contributed by atoms with van der Waals surface area (Å²) in [5, 5.41) is 9.79. The van der Waals surface area contributed by atoms with Gasteiger partial charge in [0.2, 0.25) is 5.91 Å². The molecule has 0 spiro atoms. The highest BCUT2D eigenvalue weighted by atomic mass is 35.5. The summed E-state index contributed by atoms with van der Waals surface area (Å²) in [4.78, 5) is 11.8. The standard InChI is InChI=1S/C8H9Cl2N5OS/c1-7(2-8(7,9)10)5(16)13-6(17)14-15-3-11-12-4-15/h3-4H,2H2,1H3,(H2,13,14,16,17). The van der Waals surface area contributed by atoms with Crippen molar-refractivity contribution in [2.75, 3.05) is 5.43 Å². The molecule has 2 rings (SSSR count). The molecule has 0 aliphatic heterocycles. The first-order chi connectivity index (χ1) is 7.85. The van der Waals surface area contributed by atoms with Crippen molar-refractivity contribution in [3.63, 3.8) is 0 Å². The zero-order valence-corrected chi connectivity index (χ0v) is 11.1. The van der Waals surface area contributed by atoms with Crippen LogP contribution in [0.1, 0.15) is 13.3 Å². The second-order valence-corrected chi connectivity index (χ2v) is 5.87. The van der Waals surface area contributed by atoms with E-state index in [0.717, 1.165) is 0 Å². The van der Waals surface area contributed by atoms with E-state index in [0.29, 0.717) is 6.42 Å². The molecule has 6 nitrogen and oxygen atoms in total. The molecular weight excluding hydrogens is 285 g/mol. The Kier molecular flexibility index (Phi) is 3.01. The molecule has 0 aromatic carbocycles. The first-order valence-electron chi connectivity index (χ1n) is 4.70. The molecule has 1 aliphatic carbocycles. The highest BCUT2D eigenvalue weighted by molar-refractivity contribution is 7.80. The minimum Gasteiger partial charge on any atom is -0.301 e. The molecule has 1 atom stereocenters. The number of amides is 1. The van der Waals surface area contributed by atoms with Crippen LogP contribution in [0.2, 0.25) is 0 Å². The second kappa shape index (κ2) is 4.08. The molecule has 1 saturated carbocycles. The Morgan fingerprint density at radius 2 is 2.00 bits per heavy atom. The van der Waals surface area contributed by atoms with Gasteiger partial charge in [0.1, 0.15) is 17.0 Å². The summed E-state index contributed by atoms with van der Waals surface area (Å²) >= 11 is 16.7. The summed E-state index contributed by atoms with van der Waals surface area (Å²) in [6.07, 6.45) is 3.22. The lowest BCUT2D eigenvalue weighted by molar-refractivity contribution is -0.124. The van der Waals surface area contributed by atoms with Crippen LogP contribution in [0.15, 0.2) is 12.7 Å². The van der Waals surface area contributed by atoms with Gasteiger partial charge < -0.3 is 5.32 Å². The smallest absolute Gasteiger partial charge is 0.235 e. The number of halogens is 2. The SMILES string of the molecule is CC1(C(=O)NC(=S)Nn2cnnc2)CC1(Cl)Cl. The quantitative estimate of drug-likeness (QED) is 0.624. The van der Waals surface area contributed by atoms with Crippen LogP contribution in [0.4, 0.5) is 0 Å². The molecule has 0 saturated heterocycles. The number of aromatic nitrogens is 3. The second-order valence-electron chi connectivity index (χ2n) is 3.98. The fraction of sp³-hybridized carbons (Fsp3) is 0.500. The number of carbonyl (C=O) groups excluding carboxylic acids is 1. The number of nitrogens with one attached hydrogen (secondary N) is 2. The number of hydrogen-bond donors (Lipinski definition) is 2. The summed E-state index contributed by atoms with van der Waals surface area (Å²) in [5.74, 6) is -0.312. The molecule has 1 amide bonds. The van der Waals surface area contributed by atoms with E-state index in [4.69, 9.17) is 35.4 Å². The third-order valence-electron chi connectivity index (χ3n) is 2.64. The summed E-state index contributed by atoms with van der Waals surface area (Å²) in [7, 11) is 0. The van der Waals surface area contributed by atoms with Gasteiger partial charge in [0, 0.05) is 0 Å². The molecule has 92 valence electrons. The van der Waals surface area contributed by atoms with Gasteiger partial charge >= 0.3 is 0 Å². The maximum Gasteiger partial charge on any atom is 0.235 e. The Labute approximate surface area is 113 Å². The van der Waals surface area contributed by atoms with Crippen molar-refractivity contribution in [2.45, 2.75) is 17.7 Å². The molecule has 2 N–H and O–H groups in total. The van der Waals surface area contributed by atoms with Gasteiger partial charge in [0.25, 0.3) is 0 Å². The van der Waals surface area contributed by atoms with Crippen LogP contribution in [0.5, 0.6) is 0 Å². The Morgan fingerprint density at radius 3 is 2.47 bits per heavy atom. The molecule has 1 aliphatic rings. The minimum atomic E-state index is -1.01. The van der Waals surface area contributed by atoms with Crippen LogP contribution in [0, 0.1) is 5.41 Å². The average Bonchev–Trinajstić information content (AvgIpc) is 2.64. The molecule has 1 aromatic rings. The third kappa shape index (κ3) is 2.36. The molecule has 0 radical (unpaired) electrons. The van der Waals surface area contributed by atoms with Crippen molar-refractivity contribution in [1.29, 1.82) is 0 Å². The summed E-state index contributed by atoms with van der Waals surface area (Å²) in [6, 6.07) is 0. The Morgan fingerprint density at radius 1 is 1.47 bits per heavy atom. The fourth-order valence-corrected chi connectivity index (χ4v) is 2.20. The largest absolute Gasteiger partial charge is 0.301 e. The molecule has 0 bridgehead atoms. The van der Waals surface area contributed by atoms with Crippen LogP contribution in [0.3, 0.4) is 0 Å². The summed E-state index contributed by atoms with van der Waals surface area (Å²) in [5.41, 5.74) is 1.89. The maximum atomic E-state index is 11.8. The number of rotatable bonds is 2. The summed E-state index contributed by atoms with van der Waals surface area (Å²) < 4.78 is 0.399. The number of hydrogen-bond acceptors (Lipinski definition) is 4. The highest BCUT2D eigenvalue weighted by Crippen LogP contribution is 2.63. The normalized spacial score (nSPS) is 25.1. The average molecular weight is 294 g/mol. The molecule has 17 heavy (non-hydrogen) atoms. The monoisotopic (exact) mass is 293 g/mol. The van der Waals surface area contributed by atoms with Gasteiger partial charge in [-0.2, -0.15) is 0 Å². The predicted molar refractivity (Wildman–Crippen MR) is 67.3 cm³/mol. The van der Waals surface area contributed by atoms with Crippen molar-refractivity contribution < 1.29 is 4.79 Å². The van der Waals surface area contributed by atoms with Gasteiger partial charge in [-0.3, -0.25) is 10.2 Å². The minimum absolute atomic E-state index is 0.132. The van der Waals surface area contributed by atoms with E-state index >= 15 is 0 Å². The van der Waals surface area contributed by atoms with Crippen LogP contribution >= 0.6 is 35.4 Å². The van der Waals surface area contributed by atoms with Gasteiger partial charge in [-0.05, 0) is 25.6 Å². The molecule has 1 heterocycles. The van der Waals surface area contributed by atoms with E-state index in [2.05, 4.69) is 20.9 Å². The predicted octanol–water partition coefficient (Wildman–Crippen LogP) is 0.807. The third-order valence-corrected chi connectivity index (χ3v) is 3.93. The van der Waals surface area contributed by atoms with Gasteiger partial charge in [0.05, 0.1) is 5.41 Å². The van der Waals surface area contributed by atoms with E-state index in [1.54, 1.807) is 6.92 Å². The van der Waals surface area contributed by atoms with Crippen molar-refractivity contribution in [1.82, 2.24) is 20.2 Å². The number of alkyl halides is 2. The van der Waals surface area contributed by atoms with E-state index in [-0.39, 0.29) is 11.0 Å². The molecular formula is C8H9Cl2N5OS. The van der Waals surface area contributed by atoms with Crippen molar-refractivity contribution in [2.24, 2.45) is 5.41 Å². The zero-order valence-electron chi connectivity index (χ0n) is 8.78. The Bertz CT molecular complexity index is 462. The molecule has 1 aromatic heterocycles. The lowest BCUT2D eigenvalue weighted by Gasteiger charge is -2.14. The van der Waals surface area contributed by atoms with Crippen LogP contribution in [-0.4, -0.2) is 30.2 Å². The van der Waals surface area contributed by atoms with Crippen LogP contribution in [0.25, 0.3) is 0 Å². The van der Waals surface area contributed by atoms with Gasteiger partial charge in [-0.15, -0.1) is 33.4 Å². The van der Waals surface area contributed by atoms with E-state index in [1.807, 2.05) is 0 Å². The van der Waals surface area contributed by atoms with Gasteiger partial charge in [-0.1, -0.05) is 0 Å². The molecule has 9 heteroatoms. The van der Waals surface area contributed by atoms with Crippen molar-refractivity contribution >= 4 is 46.4 Å². The number of carbonyl (C=O) groups is 1. The molecule has 1 unspecified atom stereocenters. The fourth-order valence-electron chi connectivity index (χ4n) is 1.29.